The predicted octanol–water partition coefficient (Wildman–Crippen LogP) is 2.95. The molecule has 0 saturated carbocycles. The van der Waals surface area contributed by atoms with Crippen molar-refractivity contribution in [3.05, 3.63) is 77.3 Å². The lowest BCUT2D eigenvalue weighted by molar-refractivity contribution is -0.605. The lowest BCUT2D eigenvalue weighted by Crippen LogP contribution is -2.25. The van der Waals surface area contributed by atoms with Crippen LogP contribution in [0.5, 0.6) is 0 Å². The molecule has 0 atom stereocenters. The van der Waals surface area contributed by atoms with E-state index in [0.717, 1.165) is 16.2 Å². The van der Waals surface area contributed by atoms with E-state index in [1.54, 1.807) is 11.3 Å². The maximum absolute atomic E-state index is 12.1. The normalized spacial score (nSPS) is 10.8. The molecule has 0 unspecified atom stereocenters. The molecule has 0 radical (unpaired) electrons. The molecule has 0 bridgehead atoms. The molecular weight excluding hydrogens is 324 g/mol. The molecule has 0 aliphatic heterocycles. The molecule has 1 amide bonds. The molecule has 0 saturated heterocycles. The predicted molar refractivity (Wildman–Crippen MR) is 91.9 cm³/mol. The molecule has 0 fully saturated rings. The summed E-state index contributed by atoms with van der Waals surface area (Å²) in [4.78, 5) is 17.6. The number of nitrogens with zero attached hydrogens (tertiary/aromatic N) is 3. The van der Waals surface area contributed by atoms with Crippen LogP contribution >= 0.6 is 11.3 Å². The zero-order valence-corrected chi connectivity index (χ0v) is 13.2. The van der Waals surface area contributed by atoms with Gasteiger partial charge in [0.2, 0.25) is 0 Å². The summed E-state index contributed by atoms with van der Waals surface area (Å²) in [6.07, 6.45) is 6.53. The zero-order chi connectivity index (χ0) is 16.5. The van der Waals surface area contributed by atoms with E-state index >= 15 is 0 Å². The number of pyridine rings is 1. The third-order valence-corrected chi connectivity index (χ3v) is 4.37. The fourth-order valence-electron chi connectivity index (χ4n) is 2.36. The molecule has 7 heteroatoms. The van der Waals surface area contributed by atoms with Crippen molar-refractivity contribution in [1.82, 2.24) is 9.38 Å². The third kappa shape index (κ3) is 2.72. The van der Waals surface area contributed by atoms with Crippen LogP contribution in [0.25, 0.3) is 16.2 Å². The first-order valence-corrected chi connectivity index (χ1v) is 8.10. The van der Waals surface area contributed by atoms with Gasteiger partial charge in [0.05, 0.1) is 11.3 Å². The van der Waals surface area contributed by atoms with E-state index in [1.165, 1.54) is 24.5 Å². The van der Waals surface area contributed by atoms with E-state index in [9.17, 15) is 10.0 Å². The van der Waals surface area contributed by atoms with E-state index in [4.69, 9.17) is 0 Å². The van der Waals surface area contributed by atoms with Crippen LogP contribution in [0.15, 0.2) is 66.6 Å². The average molecular weight is 336 g/mol. The number of amides is 1. The lowest BCUT2D eigenvalue weighted by atomic mass is 10.1. The van der Waals surface area contributed by atoms with Gasteiger partial charge in [-0.3, -0.25) is 9.20 Å². The first kappa shape index (κ1) is 14.4. The number of rotatable bonds is 3. The molecule has 24 heavy (non-hydrogen) atoms. The number of carbonyl (C=O) groups excluding carboxylic acids is 1. The summed E-state index contributed by atoms with van der Waals surface area (Å²) in [6.45, 7) is 0. The molecule has 1 aromatic carbocycles. The number of hydrogen-bond donors (Lipinski definition) is 1. The van der Waals surface area contributed by atoms with Crippen molar-refractivity contribution in [2.24, 2.45) is 0 Å². The number of anilines is 1. The van der Waals surface area contributed by atoms with E-state index < -0.39 is 0 Å². The molecule has 0 spiro atoms. The Bertz CT molecular complexity index is 975. The molecular formula is C17H12N4O2S. The van der Waals surface area contributed by atoms with Crippen molar-refractivity contribution in [3.63, 3.8) is 0 Å². The van der Waals surface area contributed by atoms with Crippen LogP contribution in [0.4, 0.5) is 5.69 Å². The number of hydrogen-bond acceptors (Lipinski definition) is 4. The highest BCUT2D eigenvalue weighted by Crippen LogP contribution is 2.23. The van der Waals surface area contributed by atoms with Gasteiger partial charge in [-0.2, -0.15) is 4.73 Å². The Morgan fingerprint density at radius 3 is 2.62 bits per heavy atom. The Balaban J connectivity index is 1.52. The first-order chi connectivity index (χ1) is 11.7. The largest absolute Gasteiger partial charge is 0.619 e. The van der Waals surface area contributed by atoms with E-state index in [2.05, 4.69) is 10.3 Å². The Morgan fingerprint density at radius 1 is 1.17 bits per heavy atom. The summed E-state index contributed by atoms with van der Waals surface area (Å²) in [5.41, 5.74) is 2.99. The highest BCUT2D eigenvalue weighted by molar-refractivity contribution is 7.15. The van der Waals surface area contributed by atoms with Gasteiger partial charge in [-0.1, -0.05) is 12.1 Å². The quantitative estimate of drug-likeness (QED) is 0.462. The summed E-state index contributed by atoms with van der Waals surface area (Å²) in [5.74, 6) is -0.258. The number of carbonyl (C=O) groups is 1. The monoisotopic (exact) mass is 336 g/mol. The van der Waals surface area contributed by atoms with Crippen LogP contribution in [0, 0.1) is 5.21 Å². The Labute approximate surface area is 141 Å². The Hall–Kier alpha value is -3.19. The van der Waals surface area contributed by atoms with Gasteiger partial charge in [-0.15, -0.1) is 11.3 Å². The topological polar surface area (TPSA) is 73.3 Å². The maximum Gasteiger partial charge on any atom is 0.256 e. The summed E-state index contributed by atoms with van der Waals surface area (Å²) in [7, 11) is 0. The lowest BCUT2D eigenvalue weighted by Gasteiger charge is -2.06. The second kappa shape index (κ2) is 5.78. The van der Waals surface area contributed by atoms with Crippen molar-refractivity contribution in [2.75, 3.05) is 5.32 Å². The molecule has 4 rings (SSSR count). The number of imidazole rings is 1. The molecule has 6 nitrogen and oxygen atoms in total. The van der Waals surface area contributed by atoms with Gasteiger partial charge in [-0.05, 0) is 12.1 Å². The highest BCUT2D eigenvalue weighted by Gasteiger charge is 2.09. The van der Waals surface area contributed by atoms with E-state index in [1.807, 2.05) is 46.4 Å². The first-order valence-electron chi connectivity index (χ1n) is 7.22. The molecule has 3 heterocycles. The van der Waals surface area contributed by atoms with Crippen LogP contribution in [-0.2, 0) is 0 Å². The second-order valence-corrected chi connectivity index (χ2v) is 6.07. The average Bonchev–Trinajstić information content (AvgIpc) is 3.18. The van der Waals surface area contributed by atoms with Gasteiger partial charge in [0.25, 0.3) is 5.91 Å². The standard InChI is InChI=1S/C17H12N4O2S/c22-16(13-5-7-21(23)8-6-13)18-14-3-1-12(2-4-14)15-11-20-9-10-24-17(20)19-15/h1-11H,(H,18,22). The van der Waals surface area contributed by atoms with Gasteiger partial charge in [0.1, 0.15) is 0 Å². The highest BCUT2D eigenvalue weighted by atomic mass is 32.1. The van der Waals surface area contributed by atoms with Crippen LogP contribution in [0.3, 0.4) is 0 Å². The maximum atomic E-state index is 12.1. The number of thiazole rings is 1. The number of nitrogens with one attached hydrogen (secondary N) is 1. The number of aromatic nitrogens is 3. The fraction of sp³-hybridized carbons (Fsp3) is 0. The van der Waals surface area contributed by atoms with Crippen LogP contribution < -0.4 is 10.0 Å². The van der Waals surface area contributed by atoms with Crippen molar-refractivity contribution in [2.45, 2.75) is 0 Å². The van der Waals surface area contributed by atoms with Crippen molar-refractivity contribution >= 4 is 27.9 Å². The van der Waals surface area contributed by atoms with Gasteiger partial charge in [-0.25, -0.2) is 4.98 Å². The summed E-state index contributed by atoms with van der Waals surface area (Å²) in [6, 6.07) is 10.5. The second-order valence-electron chi connectivity index (χ2n) is 5.20. The molecule has 0 aliphatic rings. The minimum atomic E-state index is -0.258. The summed E-state index contributed by atoms with van der Waals surface area (Å²) < 4.78 is 2.62. The van der Waals surface area contributed by atoms with Crippen LogP contribution in [-0.4, -0.2) is 15.3 Å². The minimum absolute atomic E-state index is 0.258. The van der Waals surface area contributed by atoms with Crippen molar-refractivity contribution < 1.29 is 9.52 Å². The number of fused-ring (bicyclic) bond motifs is 1. The molecule has 1 N–H and O–H groups in total. The summed E-state index contributed by atoms with van der Waals surface area (Å²) in [5, 5.41) is 15.8. The van der Waals surface area contributed by atoms with Gasteiger partial charge in [0.15, 0.2) is 17.4 Å². The van der Waals surface area contributed by atoms with Crippen LogP contribution in [0.2, 0.25) is 0 Å². The number of benzene rings is 1. The fourth-order valence-corrected chi connectivity index (χ4v) is 3.06. The minimum Gasteiger partial charge on any atom is -0.619 e. The van der Waals surface area contributed by atoms with Gasteiger partial charge >= 0.3 is 0 Å². The van der Waals surface area contributed by atoms with Crippen molar-refractivity contribution in [3.8, 4) is 11.3 Å². The SMILES string of the molecule is O=C(Nc1ccc(-c2cn3ccsc3n2)cc1)c1cc[n+]([O-])cc1. The van der Waals surface area contributed by atoms with Crippen LogP contribution in [0.1, 0.15) is 10.4 Å². The zero-order valence-electron chi connectivity index (χ0n) is 12.4. The molecule has 118 valence electrons. The third-order valence-electron chi connectivity index (χ3n) is 3.60. The summed E-state index contributed by atoms with van der Waals surface area (Å²) >= 11 is 1.58. The Kier molecular flexibility index (Phi) is 3.47. The van der Waals surface area contributed by atoms with E-state index in [0.29, 0.717) is 16.0 Å². The van der Waals surface area contributed by atoms with Gasteiger partial charge in [0, 0.05) is 41.2 Å². The van der Waals surface area contributed by atoms with Gasteiger partial charge < -0.3 is 10.5 Å². The van der Waals surface area contributed by atoms with E-state index in [-0.39, 0.29) is 5.91 Å². The molecule has 3 aromatic heterocycles. The van der Waals surface area contributed by atoms with Crippen molar-refractivity contribution in [1.29, 1.82) is 0 Å². The molecule has 0 aliphatic carbocycles. The smallest absolute Gasteiger partial charge is 0.256 e. The Morgan fingerprint density at radius 2 is 1.92 bits per heavy atom. The molecule has 4 aromatic rings.